The molecular weight excluding hydrogens is 336 g/mol. The van der Waals surface area contributed by atoms with Gasteiger partial charge in [0.1, 0.15) is 5.78 Å². The van der Waals surface area contributed by atoms with Crippen LogP contribution in [0.5, 0.6) is 0 Å². The lowest BCUT2D eigenvalue weighted by Crippen LogP contribution is -2.41. The van der Waals surface area contributed by atoms with Crippen molar-refractivity contribution in [3.8, 4) is 0 Å². The molecule has 0 amide bonds. The zero-order chi connectivity index (χ0) is 18.4. The molecule has 2 aliphatic rings. The second kappa shape index (κ2) is 9.06. The molecule has 0 aliphatic carbocycles. The van der Waals surface area contributed by atoms with E-state index < -0.39 is 0 Å². The average molecular weight is 364 g/mol. The third-order valence-electron chi connectivity index (χ3n) is 4.58. The summed E-state index contributed by atoms with van der Waals surface area (Å²) in [4.78, 5) is 31.7. The molecule has 0 atom stereocenters. The minimum atomic E-state index is 0.289. The number of anilines is 3. The van der Waals surface area contributed by atoms with E-state index in [4.69, 9.17) is 16.2 Å². The lowest BCUT2D eigenvalue weighted by Gasteiger charge is -2.31. The van der Waals surface area contributed by atoms with Crippen molar-refractivity contribution in [3.05, 3.63) is 0 Å². The number of hydrogen-bond acceptors (Lipinski definition) is 10. The zero-order valence-corrected chi connectivity index (χ0v) is 15.1. The highest BCUT2D eigenvalue weighted by Crippen LogP contribution is 2.21. The number of nitrogens with zero attached hydrogens (tertiary/aromatic N) is 6. The van der Waals surface area contributed by atoms with Gasteiger partial charge in [0.2, 0.25) is 17.8 Å². The Morgan fingerprint density at radius 1 is 0.885 bits per heavy atom. The molecular formula is C16H28N8O2. The molecule has 2 saturated heterocycles. The van der Waals surface area contributed by atoms with Crippen LogP contribution >= 0.6 is 0 Å². The number of aromatic nitrogens is 3. The Labute approximate surface area is 153 Å². The van der Waals surface area contributed by atoms with Crippen molar-refractivity contribution >= 4 is 23.6 Å². The van der Waals surface area contributed by atoms with Gasteiger partial charge in [-0.15, -0.1) is 0 Å². The molecule has 2 aliphatic heterocycles. The van der Waals surface area contributed by atoms with Gasteiger partial charge in [-0.25, -0.2) is 0 Å². The van der Waals surface area contributed by atoms with Crippen LogP contribution in [0.1, 0.15) is 12.8 Å². The first kappa shape index (κ1) is 18.7. The molecule has 4 N–H and O–H groups in total. The van der Waals surface area contributed by atoms with Crippen LogP contribution in [0, 0.1) is 0 Å². The molecule has 1 aromatic heterocycles. The van der Waals surface area contributed by atoms with Crippen molar-refractivity contribution in [2.24, 2.45) is 11.5 Å². The maximum atomic E-state index is 11.6. The fourth-order valence-corrected chi connectivity index (χ4v) is 3.11. The summed E-state index contributed by atoms with van der Waals surface area (Å²) in [5.74, 6) is 2.13. The van der Waals surface area contributed by atoms with E-state index in [9.17, 15) is 4.79 Å². The molecule has 2 fully saturated rings. The van der Waals surface area contributed by atoms with Gasteiger partial charge in [0.15, 0.2) is 0 Å². The molecule has 0 saturated carbocycles. The normalized spacial score (nSPS) is 18.3. The maximum Gasteiger partial charge on any atom is 0.232 e. The predicted octanol–water partition coefficient (Wildman–Crippen LogP) is -1.40. The number of nitrogens with two attached hydrogens (primary N) is 2. The Bertz CT molecular complexity index is 592. The lowest BCUT2D eigenvalue weighted by atomic mass is 10.1. The Balaban J connectivity index is 1.91. The monoisotopic (exact) mass is 364 g/mol. The molecule has 3 rings (SSSR count). The van der Waals surface area contributed by atoms with Gasteiger partial charge in [0, 0.05) is 65.2 Å². The number of carbonyl (C=O) groups is 1. The van der Waals surface area contributed by atoms with Gasteiger partial charge >= 0.3 is 0 Å². The van der Waals surface area contributed by atoms with Gasteiger partial charge in [-0.2, -0.15) is 15.0 Å². The van der Waals surface area contributed by atoms with E-state index in [0.29, 0.717) is 83.2 Å². The second-order valence-electron chi connectivity index (χ2n) is 6.42. The summed E-state index contributed by atoms with van der Waals surface area (Å²) in [5, 5.41) is 0. The van der Waals surface area contributed by atoms with E-state index >= 15 is 0 Å². The fraction of sp³-hybridized carbons (Fsp3) is 0.750. The standard InChI is InChI=1S/C16H28N8O2/c17-3-7-23(8-4-18)15-19-14(22-5-1-13(25)2-6-22)20-16(21-15)24-9-11-26-12-10-24/h1-12,17-18H2. The van der Waals surface area contributed by atoms with Crippen molar-refractivity contribution in [2.45, 2.75) is 12.8 Å². The van der Waals surface area contributed by atoms with E-state index in [1.807, 2.05) is 4.90 Å². The van der Waals surface area contributed by atoms with Crippen LogP contribution in [0.2, 0.25) is 0 Å². The minimum Gasteiger partial charge on any atom is -0.378 e. The summed E-state index contributed by atoms with van der Waals surface area (Å²) in [5.41, 5.74) is 11.5. The number of ketones is 1. The van der Waals surface area contributed by atoms with Gasteiger partial charge in [-0.05, 0) is 0 Å². The van der Waals surface area contributed by atoms with E-state index in [2.05, 4.69) is 24.8 Å². The van der Waals surface area contributed by atoms with Crippen molar-refractivity contribution in [2.75, 3.05) is 80.3 Å². The molecule has 0 radical (unpaired) electrons. The van der Waals surface area contributed by atoms with Gasteiger partial charge in [0.05, 0.1) is 13.2 Å². The van der Waals surface area contributed by atoms with Crippen LogP contribution < -0.4 is 26.2 Å². The Kier molecular flexibility index (Phi) is 6.53. The Hall–Kier alpha value is -2.04. The first-order valence-corrected chi connectivity index (χ1v) is 9.21. The number of Topliss-reactive ketones (excluding diaryl/α,β-unsaturated/α-hetero) is 1. The molecule has 10 heteroatoms. The summed E-state index contributed by atoms with van der Waals surface area (Å²) >= 11 is 0. The predicted molar refractivity (Wildman–Crippen MR) is 99.6 cm³/mol. The van der Waals surface area contributed by atoms with Crippen molar-refractivity contribution < 1.29 is 9.53 Å². The smallest absolute Gasteiger partial charge is 0.232 e. The summed E-state index contributed by atoms with van der Waals surface area (Å²) in [6, 6.07) is 0. The van der Waals surface area contributed by atoms with Crippen LogP contribution in [-0.4, -0.2) is 86.3 Å². The van der Waals surface area contributed by atoms with Crippen LogP contribution in [0.4, 0.5) is 17.8 Å². The molecule has 0 aromatic carbocycles. The van der Waals surface area contributed by atoms with Crippen molar-refractivity contribution in [1.82, 2.24) is 15.0 Å². The van der Waals surface area contributed by atoms with Gasteiger partial charge in [0.25, 0.3) is 0 Å². The number of hydrogen-bond donors (Lipinski definition) is 2. The number of rotatable bonds is 7. The van der Waals surface area contributed by atoms with Gasteiger partial charge in [-0.3, -0.25) is 4.79 Å². The Morgan fingerprint density at radius 3 is 1.96 bits per heavy atom. The molecule has 26 heavy (non-hydrogen) atoms. The summed E-state index contributed by atoms with van der Waals surface area (Å²) < 4.78 is 5.43. The molecule has 144 valence electrons. The van der Waals surface area contributed by atoms with E-state index in [1.165, 1.54) is 0 Å². The van der Waals surface area contributed by atoms with Crippen LogP contribution in [0.25, 0.3) is 0 Å². The first-order chi connectivity index (χ1) is 12.7. The molecule has 10 nitrogen and oxygen atoms in total. The Morgan fingerprint density at radius 2 is 1.42 bits per heavy atom. The second-order valence-corrected chi connectivity index (χ2v) is 6.42. The van der Waals surface area contributed by atoms with E-state index in [-0.39, 0.29) is 5.78 Å². The SMILES string of the molecule is NCCN(CCN)c1nc(N2CCOCC2)nc(N2CCC(=O)CC2)n1. The van der Waals surface area contributed by atoms with Gasteiger partial charge in [-0.1, -0.05) is 0 Å². The number of morpholine rings is 1. The van der Waals surface area contributed by atoms with Crippen molar-refractivity contribution in [3.63, 3.8) is 0 Å². The van der Waals surface area contributed by atoms with Crippen LogP contribution in [-0.2, 0) is 9.53 Å². The average Bonchev–Trinajstić information content (AvgIpc) is 2.69. The summed E-state index contributed by atoms with van der Waals surface area (Å²) in [6.07, 6.45) is 1.06. The summed E-state index contributed by atoms with van der Waals surface area (Å²) in [7, 11) is 0. The highest BCUT2D eigenvalue weighted by Gasteiger charge is 2.23. The molecule has 0 bridgehead atoms. The highest BCUT2D eigenvalue weighted by atomic mass is 16.5. The van der Waals surface area contributed by atoms with Crippen molar-refractivity contribution in [1.29, 1.82) is 0 Å². The topological polar surface area (TPSA) is 127 Å². The first-order valence-electron chi connectivity index (χ1n) is 9.21. The molecule has 0 spiro atoms. The van der Waals surface area contributed by atoms with Gasteiger partial charge < -0.3 is 30.9 Å². The zero-order valence-electron chi connectivity index (χ0n) is 15.1. The lowest BCUT2D eigenvalue weighted by molar-refractivity contribution is -0.119. The van der Waals surface area contributed by atoms with E-state index in [0.717, 1.165) is 13.1 Å². The van der Waals surface area contributed by atoms with Crippen LogP contribution in [0.15, 0.2) is 0 Å². The fourth-order valence-electron chi connectivity index (χ4n) is 3.11. The molecule has 0 unspecified atom stereocenters. The quantitative estimate of drug-likeness (QED) is 0.596. The third-order valence-corrected chi connectivity index (χ3v) is 4.58. The largest absolute Gasteiger partial charge is 0.378 e. The highest BCUT2D eigenvalue weighted by molar-refractivity contribution is 5.80. The summed E-state index contributed by atoms with van der Waals surface area (Å²) in [6.45, 7) is 6.32. The number of piperidine rings is 1. The van der Waals surface area contributed by atoms with Crippen LogP contribution in [0.3, 0.4) is 0 Å². The number of ether oxygens (including phenoxy) is 1. The number of carbonyl (C=O) groups excluding carboxylic acids is 1. The van der Waals surface area contributed by atoms with E-state index in [1.54, 1.807) is 0 Å². The molecule has 3 heterocycles. The molecule has 1 aromatic rings. The minimum absolute atomic E-state index is 0.289. The maximum absolute atomic E-state index is 11.6. The third kappa shape index (κ3) is 4.57.